The van der Waals surface area contributed by atoms with Crippen molar-refractivity contribution in [3.05, 3.63) is 78.4 Å². The van der Waals surface area contributed by atoms with Gasteiger partial charge in [-0.15, -0.1) is 10.2 Å². The average Bonchev–Trinajstić information content (AvgIpc) is 3.48. The van der Waals surface area contributed by atoms with E-state index in [1.54, 1.807) is 6.92 Å². The van der Waals surface area contributed by atoms with Crippen LogP contribution in [0, 0.1) is 0 Å². The van der Waals surface area contributed by atoms with Gasteiger partial charge in [-0.3, -0.25) is 0 Å². The Labute approximate surface area is 215 Å². The zero-order valence-electron chi connectivity index (χ0n) is 20.9. The van der Waals surface area contributed by atoms with Crippen LogP contribution < -0.4 is 9.47 Å². The van der Waals surface area contributed by atoms with Gasteiger partial charge in [0.1, 0.15) is 11.5 Å². The summed E-state index contributed by atoms with van der Waals surface area (Å²) < 4.78 is 21.9. The molecule has 9 nitrogen and oxygen atoms in total. The second-order valence-corrected chi connectivity index (χ2v) is 8.21. The molecule has 0 aliphatic carbocycles. The molecule has 0 aliphatic rings. The topological polar surface area (TPSA) is 108 Å². The molecule has 1 heterocycles. The smallest absolute Gasteiger partial charge is 0.335 e. The average molecular weight is 503 g/mol. The Morgan fingerprint density at radius 1 is 0.838 bits per heavy atom. The Hall–Kier alpha value is -4.24. The van der Waals surface area contributed by atoms with E-state index in [-0.39, 0.29) is 5.97 Å². The lowest BCUT2D eigenvalue weighted by Crippen LogP contribution is -2.27. The first-order valence-corrected chi connectivity index (χ1v) is 12.1. The van der Waals surface area contributed by atoms with Crippen molar-refractivity contribution in [1.82, 2.24) is 20.6 Å². The first kappa shape index (κ1) is 25.8. The molecule has 4 aromatic rings. The fraction of sp³-hybridized carbons (Fsp3) is 0.286. The van der Waals surface area contributed by atoms with Gasteiger partial charge in [0.2, 0.25) is 5.82 Å². The molecule has 192 valence electrons. The van der Waals surface area contributed by atoms with E-state index in [1.807, 2.05) is 72.8 Å². The standard InChI is InChI=1S/C28H30N4O5/c1-3-35-28(33)26(34-2)19-20-5-13-24(14-6-20)36-17-4-18-37-25-15-11-22(12-16-25)21-7-9-23(10-8-21)27-29-31-32-30-27/h5-16,26H,3-4,17-19H2,1-2H3,(H,29,30,31,32). The summed E-state index contributed by atoms with van der Waals surface area (Å²) in [4.78, 5) is 11.9. The predicted octanol–water partition coefficient (Wildman–Crippen LogP) is 4.50. The second-order valence-electron chi connectivity index (χ2n) is 8.21. The van der Waals surface area contributed by atoms with Gasteiger partial charge in [-0.1, -0.05) is 48.5 Å². The molecule has 1 atom stereocenters. The summed E-state index contributed by atoms with van der Waals surface area (Å²) in [6, 6.07) is 23.6. The van der Waals surface area contributed by atoms with Crippen molar-refractivity contribution >= 4 is 5.97 Å². The van der Waals surface area contributed by atoms with Crippen LogP contribution in [0.3, 0.4) is 0 Å². The molecule has 1 N–H and O–H groups in total. The van der Waals surface area contributed by atoms with Gasteiger partial charge in [0.05, 0.1) is 19.8 Å². The molecule has 0 fully saturated rings. The molecule has 1 unspecified atom stereocenters. The normalized spacial score (nSPS) is 11.6. The van der Waals surface area contributed by atoms with Crippen LogP contribution in [0.1, 0.15) is 18.9 Å². The Kier molecular flexibility index (Phi) is 9.20. The molecule has 37 heavy (non-hydrogen) atoms. The minimum Gasteiger partial charge on any atom is -0.493 e. The van der Waals surface area contributed by atoms with Gasteiger partial charge >= 0.3 is 5.97 Å². The maximum atomic E-state index is 11.9. The largest absolute Gasteiger partial charge is 0.493 e. The number of methoxy groups -OCH3 is 1. The lowest BCUT2D eigenvalue weighted by atomic mass is 10.0. The third kappa shape index (κ3) is 7.37. The van der Waals surface area contributed by atoms with Crippen LogP contribution in [0.4, 0.5) is 0 Å². The van der Waals surface area contributed by atoms with Crippen molar-refractivity contribution in [2.75, 3.05) is 26.9 Å². The first-order valence-electron chi connectivity index (χ1n) is 12.1. The number of esters is 1. The molecular formula is C28H30N4O5. The predicted molar refractivity (Wildman–Crippen MR) is 138 cm³/mol. The summed E-state index contributed by atoms with van der Waals surface area (Å²) in [5.74, 6) is 1.80. The highest BCUT2D eigenvalue weighted by Crippen LogP contribution is 2.25. The highest BCUT2D eigenvalue weighted by molar-refractivity contribution is 5.75. The van der Waals surface area contributed by atoms with Crippen LogP contribution in [0.5, 0.6) is 11.5 Å². The third-order valence-electron chi connectivity index (χ3n) is 5.68. The lowest BCUT2D eigenvalue weighted by Gasteiger charge is -2.14. The van der Waals surface area contributed by atoms with Crippen molar-refractivity contribution in [2.24, 2.45) is 0 Å². The van der Waals surface area contributed by atoms with E-state index in [9.17, 15) is 4.79 Å². The molecule has 3 aromatic carbocycles. The number of ether oxygens (including phenoxy) is 4. The number of aromatic nitrogens is 4. The number of tetrazole rings is 1. The summed E-state index contributed by atoms with van der Waals surface area (Å²) >= 11 is 0. The van der Waals surface area contributed by atoms with Crippen molar-refractivity contribution < 1.29 is 23.7 Å². The Balaban J connectivity index is 1.17. The van der Waals surface area contributed by atoms with Crippen LogP contribution in [0.25, 0.3) is 22.5 Å². The quantitative estimate of drug-likeness (QED) is 0.210. The molecule has 4 rings (SSSR count). The summed E-state index contributed by atoms with van der Waals surface area (Å²) in [5.41, 5.74) is 4.07. The molecule has 0 aliphatic heterocycles. The zero-order chi connectivity index (χ0) is 25.9. The van der Waals surface area contributed by atoms with E-state index in [0.29, 0.717) is 32.1 Å². The van der Waals surface area contributed by atoms with Gasteiger partial charge in [0, 0.05) is 25.5 Å². The minimum absolute atomic E-state index is 0.333. The monoisotopic (exact) mass is 502 g/mol. The molecule has 0 bridgehead atoms. The third-order valence-corrected chi connectivity index (χ3v) is 5.68. The molecule has 0 saturated heterocycles. The van der Waals surface area contributed by atoms with Gasteiger partial charge in [-0.05, 0) is 53.1 Å². The fourth-order valence-corrected chi connectivity index (χ4v) is 3.71. The summed E-state index contributed by atoms with van der Waals surface area (Å²) in [5, 5.41) is 14.0. The van der Waals surface area contributed by atoms with Crippen LogP contribution >= 0.6 is 0 Å². The minimum atomic E-state index is -0.610. The van der Waals surface area contributed by atoms with Crippen LogP contribution in [-0.2, 0) is 20.7 Å². The maximum absolute atomic E-state index is 11.9. The fourth-order valence-electron chi connectivity index (χ4n) is 3.71. The molecule has 0 spiro atoms. The number of benzene rings is 3. The van der Waals surface area contributed by atoms with Crippen molar-refractivity contribution in [3.8, 4) is 34.0 Å². The van der Waals surface area contributed by atoms with Gasteiger partial charge in [-0.2, -0.15) is 5.21 Å². The van der Waals surface area contributed by atoms with E-state index in [0.717, 1.165) is 40.2 Å². The van der Waals surface area contributed by atoms with Crippen LogP contribution in [0.2, 0.25) is 0 Å². The molecular weight excluding hydrogens is 472 g/mol. The number of nitrogens with zero attached hydrogens (tertiary/aromatic N) is 3. The van der Waals surface area contributed by atoms with E-state index in [2.05, 4.69) is 20.6 Å². The number of carbonyl (C=O) groups excluding carboxylic acids is 1. The Morgan fingerprint density at radius 3 is 1.95 bits per heavy atom. The van der Waals surface area contributed by atoms with Crippen LogP contribution in [0.15, 0.2) is 72.8 Å². The molecule has 0 amide bonds. The van der Waals surface area contributed by atoms with Crippen LogP contribution in [-0.4, -0.2) is 59.6 Å². The Morgan fingerprint density at radius 2 is 1.41 bits per heavy atom. The van der Waals surface area contributed by atoms with Gasteiger partial charge in [0.25, 0.3) is 0 Å². The van der Waals surface area contributed by atoms with E-state index >= 15 is 0 Å². The number of H-pyrrole nitrogens is 1. The first-order chi connectivity index (χ1) is 18.2. The van der Waals surface area contributed by atoms with Gasteiger partial charge in [-0.25, -0.2) is 4.79 Å². The molecule has 0 radical (unpaired) electrons. The highest BCUT2D eigenvalue weighted by atomic mass is 16.6. The second kappa shape index (κ2) is 13.2. The number of hydrogen-bond donors (Lipinski definition) is 1. The van der Waals surface area contributed by atoms with Crippen molar-refractivity contribution in [3.63, 3.8) is 0 Å². The van der Waals surface area contributed by atoms with Crippen molar-refractivity contribution in [1.29, 1.82) is 0 Å². The number of nitrogens with one attached hydrogen (secondary N) is 1. The number of aromatic amines is 1. The Bertz CT molecular complexity index is 1230. The van der Waals surface area contributed by atoms with Gasteiger partial charge in [0.15, 0.2) is 6.10 Å². The van der Waals surface area contributed by atoms with E-state index in [1.165, 1.54) is 7.11 Å². The number of rotatable bonds is 13. The molecule has 1 aromatic heterocycles. The lowest BCUT2D eigenvalue weighted by molar-refractivity contribution is -0.154. The number of carbonyl (C=O) groups is 1. The van der Waals surface area contributed by atoms with Gasteiger partial charge < -0.3 is 18.9 Å². The highest BCUT2D eigenvalue weighted by Gasteiger charge is 2.19. The summed E-state index contributed by atoms with van der Waals surface area (Å²) in [6.45, 7) is 3.19. The zero-order valence-corrected chi connectivity index (χ0v) is 20.9. The molecule has 9 heteroatoms. The van der Waals surface area contributed by atoms with Crippen molar-refractivity contribution in [2.45, 2.75) is 25.9 Å². The van der Waals surface area contributed by atoms with E-state index in [4.69, 9.17) is 18.9 Å². The van der Waals surface area contributed by atoms with E-state index < -0.39 is 6.10 Å². The number of hydrogen-bond acceptors (Lipinski definition) is 8. The maximum Gasteiger partial charge on any atom is 0.335 e. The molecule has 0 saturated carbocycles. The summed E-state index contributed by atoms with van der Waals surface area (Å²) in [6.07, 6.45) is 0.588. The summed E-state index contributed by atoms with van der Waals surface area (Å²) in [7, 11) is 1.51. The SMILES string of the molecule is CCOC(=O)C(Cc1ccc(OCCCOc2ccc(-c3ccc(-c4nn[nH]n4)cc3)cc2)cc1)OC.